The molecule has 110 valence electrons. The van der Waals surface area contributed by atoms with Crippen LogP contribution in [0.2, 0.25) is 0 Å². The van der Waals surface area contributed by atoms with Crippen LogP contribution < -0.4 is 5.32 Å². The highest BCUT2D eigenvalue weighted by molar-refractivity contribution is 9.10. The van der Waals surface area contributed by atoms with Crippen LogP contribution in [0.25, 0.3) is 0 Å². The van der Waals surface area contributed by atoms with Gasteiger partial charge in [0.05, 0.1) is 0 Å². The molecule has 1 heterocycles. The summed E-state index contributed by atoms with van der Waals surface area (Å²) in [6.07, 6.45) is 2.43. The molecule has 1 fully saturated rings. The minimum atomic E-state index is 0.150. The van der Waals surface area contributed by atoms with Crippen molar-refractivity contribution in [3.8, 4) is 0 Å². The van der Waals surface area contributed by atoms with Crippen LogP contribution in [0.1, 0.15) is 35.7 Å². The van der Waals surface area contributed by atoms with Crippen molar-refractivity contribution >= 4 is 21.8 Å². The molecule has 0 radical (unpaired) electrons. The van der Waals surface area contributed by atoms with Crippen molar-refractivity contribution in [2.45, 2.75) is 26.7 Å². The Bertz CT molecular complexity index is 470. The van der Waals surface area contributed by atoms with E-state index in [0.717, 1.165) is 41.8 Å². The van der Waals surface area contributed by atoms with E-state index >= 15 is 0 Å². The maximum absolute atomic E-state index is 12.7. The van der Waals surface area contributed by atoms with Crippen LogP contribution in [-0.2, 0) is 0 Å². The largest absolute Gasteiger partial charge is 0.339 e. The van der Waals surface area contributed by atoms with Gasteiger partial charge in [0.2, 0.25) is 0 Å². The van der Waals surface area contributed by atoms with E-state index in [1.54, 1.807) is 0 Å². The number of halogens is 1. The highest BCUT2D eigenvalue weighted by Gasteiger charge is 2.21. The summed E-state index contributed by atoms with van der Waals surface area (Å²) in [5.41, 5.74) is 1.85. The lowest BCUT2D eigenvalue weighted by Crippen LogP contribution is -2.41. The summed E-state index contributed by atoms with van der Waals surface area (Å²) in [6, 6.07) is 5.90. The Hall–Kier alpha value is -0.870. The first-order valence-electron chi connectivity index (χ1n) is 7.38. The highest BCUT2D eigenvalue weighted by atomic mass is 79.9. The van der Waals surface area contributed by atoms with Crippen LogP contribution in [0.3, 0.4) is 0 Å². The summed E-state index contributed by atoms with van der Waals surface area (Å²) >= 11 is 3.45. The number of aryl methyl sites for hydroxylation is 1. The number of piperidine rings is 1. The van der Waals surface area contributed by atoms with Crippen molar-refractivity contribution in [2.75, 3.05) is 26.2 Å². The number of nitrogens with zero attached hydrogens (tertiary/aromatic N) is 1. The van der Waals surface area contributed by atoms with Crippen molar-refractivity contribution in [3.63, 3.8) is 0 Å². The second-order valence-electron chi connectivity index (χ2n) is 5.52. The quantitative estimate of drug-likeness (QED) is 0.914. The van der Waals surface area contributed by atoms with Gasteiger partial charge in [0.1, 0.15) is 0 Å². The van der Waals surface area contributed by atoms with Crippen LogP contribution in [0, 0.1) is 12.8 Å². The lowest BCUT2D eigenvalue weighted by molar-refractivity contribution is 0.0728. The third-order valence-corrected chi connectivity index (χ3v) is 4.47. The Morgan fingerprint density at radius 3 is 2.95 bits per heavy atom. The van der Waals surface area contributed by atoms with Crippen LogP contribution in [-0.4, -0.2) is 37.0 Å². The Morgan fingerprint density at radius 1 is 1.50 bits per heavy atom. The molecule has 0 aliphatic carbocycles. The molecule has 0 bridgehead atoms. The first kappa shape index (κ1) is 15.5. The smallest absolute Gasteiger partial charge is 0.254 e. The standard InChI is InChI=1S/C16H23BrN2O/c1-3-19(11-13-5-4-8-18-10-13)16(20)15-9-14(17)7-6-12(15)2/h6-7,9,13,18H,3-5,8,10-11H2,1-2H3. The molecule has 1 aromatic carbocycles. The summed E-state index contributed by atoms with van der Waals surface area (Å²) in [6.45, 7) is 7.81. The number of carbonyl (C=O) groups excluding carboxylic acids is 1. The molecule has 1 saturated heterocycles. The van der Waals surface area contributed by atoms with Crippen molar-refractivity contribution in [3.05, 3.63) is 33.8 Å². The fourth-order valence-corrected chi connectivity index (χ4v) is 3.10. The van der Waals surface area contributed by atoms with E-state index in [9.17, 15) is 4.79 Å². The van der Waals surface area contributed by atoms with Gasteiger partial charge in [-0.05, 0) is 63.4 Å². The van der Waals surface area contributed by atoms with Crippen molar-refractivity contribution < 1.29 is 4.79 Å². The SMILES string of the molecule is CCN(CC1CCCNC1)C(=O)c1cc(Br)ccc1C. The normalized spacial score (nSPS) is 18.9. The Balaban J connectivity index is 2.09. The van der Waals surface area contributed by atoms with Gasteiger partial charge in [-0.15, -0.1) is 0 Å². The fraction of sp³-hybridized carbons (Fsp3) is 0.562. The molecule has 1 N–H and O–H groups in total. The Kier molecular flexibility index (Phi) is 5.61. The second-order valence-corrected chi connectivity index (χ2v) is 6.43. The maximum atomic E-state index is 12.7. The molecule has 20 heavy (non-hydrogen) atoms. The maximum Gasteiger partial charge on any atom is 0.254 e. The summed E-state index contributed by atoms with van der Waals surface area (Å²) in [5, 5.41) is 3.42. The lowest BCUT2D eigenvalue weighted by Gasteiger charge is -2.30. The number of benzene rings is 1. The number of hydrogen-bond donors (Lipinski definition) is 1. The van der Waals surface area contributed by atoms with Gasteiger partial charge in [-0.2, -0.15) is 0 Å². The van der Waals surface area contributed by atoms with E-state index in [1.165, 1.54) is 12.8 Å². The third-order valence-electron chi connectivity index (χ3n) is 3.98. The molecule has 1 aliphatic heterocycles. The topological polar surface area (TPSA) is 32.3 Å². The molecule has 0 saturated carbocycles. The first-order chi connectivity index (χ1) is 9.61. The molecule has 2 rings (SSSR count). The predicted octanol–water partition coefficient (Wildman–Crippen LogP) is 3.22. The molecule has 0 aromatic heterocycles. The zero-order valence-corrected chi connectivity index (χ0v) is 13.9. The van der Waals surface area contributed by atoms with E-state index in [1.807, 2.05) is 30.0 Å². The molecular formula is C16H23BrN2O. The van der Waals surface area contributed by atoms with Crippen LogP contribution in [0.4, 0.5) is 0 Å². The minimum absolute atomic E-state index is 0.150. The number of nitrogens with one attached hydrogen (secondary N) is 1. The van der Waals surface area contributed by atoms with E-state index in [2.05, 4.69) is 28.2 Å². The van der Waals surface area contributed by atoms with E-state index in [4.69, 9.17) is 0 Å². The summed E-state index contributed by atoms with van der Waals surface area (Å²) in [7, 11) is 0. The summed E-state index contributed by atoms with van der Waals surface area (Å²) in [4.78, 5) is 14.7. The van der Waals surface area contributed by atoms with E-state index < -0.39 is 0 Å². The molecule has 1 aromatic rings. The number of rotatable bonds is 4. The van der Waals surface area contributed by atoms with Gasteiger partial charge in [0.25, 0.3) is 5.91 Å². The van der Waals surface area contributed by atoms with Crippen molar-refractivity contribution in [2.24, 2.45) is 5.92 Å². The van der Waals surface area contributed by atoms with Gasteiger partial charge in [0.15, 0.2) is 0 Å². The summed E-state index contributed by atoms with van der Waals surface area (Å²) < 4.78 is 0.960. The molecule has 4 heteroatoms. The molecule has 1 aliphatic rings. The number of hydrogen-bond acceptors (Lipinski definition) is 2. The Labute approximate surface area is 129 Å². The Morgan fingerprint density at radius 2 is 2.30 bits per heavy atom. The van der Waals surface area contributed by atoms with Gasteiger partial charge in [0, 0.05) is 23.1 Å². The molecule has 1 amide bonds. The third kappa shape index (κ3) is 3.83. The second kappa shape index (κ2) is 7.23. The van der Waals surface area contributed by atoms with Gasteiger partial charge in [-0.3, -0.25) is 4.79 Å². The van der Waals surface area contributed by atoms with Crippen LogP contribution >= 0.6 is 15.9 Å². The number of amides is 1. The molecule has 1 atom stereocenters. The molecule has 0 spiro atoms. The van der Waals surface area contributed by atoms with E-state index in [-0.39, 0.29) is 5.91 Å². The van der Waals surface area contributed by atoms with Crippen molar-refractivity contribution in [1.82, 2.24) is 10.2 Å². The lowest BCUT2D eigenvalue weighted by atomic mass is 9.98. The zero-order valence-electron chi connectivity index (χ0n) is 12.3. The molecule has 3 nitrogen and oxygen atoms in total. The van der Waals surface area contributed by atoms with Crippen molar-refractivity contribution in [1.29, 1.82) is 0 Å². The molecular weight excluding hydrogens is 316 g/mol. The predicted molar refractivity (Wildman–Crippen MR) is 86.1 cm³/mol. The van der Waals surface area contributed by atoms with Gasteiger partial charge in [-0.1, -0.05) is 22.0 Å². The average Bonchev–Trinajstić information content (AvgIpc) is 2.47. The van der Waals surface area contributed by atoms with E-state index in [0.29, 0.717) is 5.92 Å². The molecule has 1 unspecified atom stereocenters. The van der Waals surface area contributed by atoms with Gasteiger partial charge in [-0.25, -0.2) is 0 Å². The van der Waals surface area contributed by atoms with Gasteiger partial charge < -0.3 is 10.2 Å². The minimum Gasteiger partial charge on any atom is -0.339 e. The van der Waals surface area contributed by atoms with Crippen LogP contribution in [0.5, 0.6) is 0 Å². The van der Waals surface area contributed by atoms with Crippen LogP contribution in [0.15, 0.2) is 22.7 Å². The zero-order chi connectivity index (χ0) is 14.5. The summed E-state index contributed by atoms with van der Waals surface area (Å²) in [5.74, 6) is 0.733. The monoisotopic (exact) mass is 338 g/mol. The number of carbonyl (C=O) groups is 1. The fourth-order valence-electron chi connectivity index (χ4n) is 2.74. The average molecular weight is 339 g/mol. The highest BCUT2D eigenvalue weighted by Crippen LogP contribution is 2.19. The first-order valence-corrected chi connectivity index (χ1v) is 8.17. The van der Waals surface area contributed by atoms with Gasteiger partial charge >= 0.3 is 0 Å².